The molecule has 0 bridgehead atoms. The van der Waals surface area contributed by atoms with Crippen LogP contribution in [-0.4, -0.2) is 15.7 Å². The van der Waals surface area contributed by atoms with Gasteiger partial charge in [0.1, 0.15) is 0 Å². The molecule has 0 N–H and O–H groups in total. The zero-order chi connectivity index (χ0) is 11.9. The first kappa shape index (κ1) is 18.9. The van der Waals surface area contributed by atoms with Gasteiger partial charge in [-0.3, -0.25) is 4.79 Å². The minimum absolute atomic E-state index is 0. The van der Waals surface area contributed by atoms with Crippen molar-refractivity contribution >= 4 is 46.7 Å². The molecule has 7 heteroatoms. The van der Waals surface area contributed by atoms with Crippen molar-refractivity contribution in [3.8, 4) is 0 Å². The van der Waals surface area contributed by atoms with Crippen LogP contribution in [0.25, 0.3) is 0 Å². The zero-order valence-corrected chi connectivity index (χ0v) is 12.0. The van der Waals surface area contributed by atoms with E-state index in [1.165, 1.54) is 0 Å². The summed E-state index contributed by atoms with van der Waals surface area (Å²) in [4.78, 5) is 22.0. The Labute approximate surface area is 120 Å². The van der Waals surface area contributed by atoms with Gasteiger partial charge < -0.3 is 4.74 Å². The molecule has 0 aliphatic carbocycles. The number of alkyl halides is 3. The summed E-state index contributed by atoms with van der Waals surface area (Å²) in [7, 11) is 0. The van der Waals surface area contributed by atoms with Gasteiger partial charge in [-0.1, -0.05) is 61.0 Å². The molecular formula is C9H13Cl3NiO3. The molecule has 98 valence electrons. The summed E-state index contributed by atoms with van der Waals surface area (Å²) in [5, 5.41) is 0. The van der Waals surface area contributed by atoms with E-state index in [1.807, 2.05) is 0 Å². The average molecular weight is 334 g/mol. The van der Waals surface area contributed by atoms with Crippen molar-refractivity contribution in [2.24, 2.45) is 0 Å². The Bertz CT molecular complexity index is 229. The molecule has 0 atom stereocenters. The van der Waals surface area contributed by atoms with Crippen LogP contribution in [0, 0.1) is 0 Å². The van der Waals surface area contributed by atoms with Gasteiger partial charge in [-0.25, -0.2) is 4.79 Å². The van der Waals surface area contributed by atoms with Crippen LogP contribution >= 0.6 is 34.8 Å². The Morgan fingerprint density at radius 2 is 1.69 bits per heavy atom. The quantitative estimate of drug-likeness (QED) is 0.254. The van der Waals surface area contributed by atoms with Crippen LogP contribution in [0.5, 0.6) is 0 Å². The summed E-state index contributed by atoms with van der Waals surface area (Å²) in [6.07, 6.45) is 3.90. The number of hydrogen-bond acceptors (Lipinski definition) is 3. The summed E-state index contributed by atoms with van der Waals surface area (Å²) in [5.41, 5.74) is 0. The second-order valence-corrected chi connectivity index (χ2v) is 5.35. The van der Waals surface area contributed by atoms with E-state index in [-0.39, 0.29) is 22.9 Å². The maximum absolute atomic E-state index is 11.0. The van der Waals surface area contributed by atoms with Crippen molar-refractivity contribution in [2.75, 3.05) is 0 Å². The minimum atomic E-state index is -2.18. The summed E-state index contributed by atoms with van der Waals surface area (Å²) in [6.45, 7) is 2.06. The minimum Gasteiger partial charge on any atom is -0.390 e. The number of unbranched alkanes of at least 4 members (excludes halogenated alkanes) is 3. The van der Waals surface area contributed by atoms with Gasteiger partial charge in [0.15, 0.2) is 0 Å². The molecule has 0 aromatic heterocycles. The van der Waals surface area contributed by atoms with Gasteiger partial charge in [0, 0.05) is 22.9 Å². The normalized spacial score (nSPS) is 10.5. The third kappa shape index (κ3) is 9.71. The molecule has 0 saturated carbocycles. The molecule has 0 saturated heterocycles. The molecule has 0 radical (unpaired) electrons. The number of rotatable bonds is 5. The maximum Gasteiger partial charge on any atom is 0.366 e. The molecule has 3 nitrogen and oxygen atoms in total. The largest absolute Gasteiger partial charge is 0.390 e. The van der Waals surface area contributed by atoms with E-state index < -0.39 is 15.7 Å². The standard InChI is InChI=1S/C9H13Cl3O3.Ni/c1-2-3-4-5-6-7(13)15-8(14)9(10,11)12;/h2-6H2,1H3;. The van der Waals surface area contributed by atoms with Crippen LogP contribution in [0.2, 0.25) is 0 Å². The molecule has 0 spiro atoms. The number of hydrogen-bond donors (Lipinski definition) is 0. The Kier molecular flexibility index (Phi) is 11.2. The smallest absolute Gasteiger partial charge is 0.366 e. The molecule has 0 aromatic rings. The van der Waals surface area contributed by atoms with Gasteiger partial charge in [0.25, 0.3) is 3.79 Å². The molecule has 0 unspecified atom stereocenters. The predicted molar refractivity (Wildman–Crippen MR) is 60.1 cm³/mol. The van der Waals surface area contributed by atoms with E-state index in [0.29, 0.717) is 6.42 Å². The monoisotopic (exact) mass is 332 g/mol. The van der Waals surface area contributed by atoms with Gasteiger partial charge in [-0.2, -0.15) is 0 Å². The third-order valence-corrected chi connectivity index (χ3v) is 2.14. The molecule has 0 fully saturated rings. The Hall–Kier alpha value is 0.504. The molecule has 0 rings (SSSR count). The third-order valence-electron chi connectivity index (χ3n) is 1.67. The van der Waals surface area contributed by atoms with Gasteiger partial charge in [-0.05, 0) is 6.42 Å². The first-order valence-electron chi connectivity index (χ1n) is 4.69. The summed E-state index contributed by atoms with van der Waals surface area (Å²) in [5.74, 6) is -1.80. The van der Waals surface area contributed by atoms with E-state index in [2.05, 4.69) is 11.7 Å². The Morgan fingerprint density at radius 3 is 2.12 bits per heavy atom. The molecular weight excluding hydrogens is 321 g/mol. The fourth-order valence-corrected chi connectivity index (χ4v) is 1.02. The first-order valence-corrected chi connectivity index (χ1v) is 5.83. The Morgan fingerprint density at radius 1 is 1.12 bits per heavy atom. The summed E-state index contributed by atoms with van der Waals surface area (Å²) in [6, 6.07) is 0. The van der Waals surface area contributed by atoms with Gasteiger partial charge in [0.2, 0.25) is 0 Å². The van der Waals surface area contributed by atoms with Crippen molar-refractivity contribution in [3.05, 3.63) is 0 Å². The van der Waals surface area contributed by atoms with E-state index in [4.69, 9.17) is 34.8 Å². The van der Waals surface area contributed by atoms with Crippen molar-refractivity contribution in [3.63, 3.8) is 0 Å². The Balaban J connectivity index is 0. The topological polar surface area (TPSA) is 43.4 Å². The number of esters is 2. The molecule has 0 amide bonds. The van der Waals surface area contributed by atoms with Crippen LogP contribution < -0.4 is 0 Å². The molecule has 16 heavy (non-hydrogen) atoms. The van der Waals surface area contributed by atoms with Crippen LogP contribution in [0.15, 0.2) is 0 Å². The predicted octanol–water partition coefficient (Wildman–Crippen LogP) is 3.39. The number of halogens is 3. The van der Waals surface area contributed by atoms with Crippen molar-refractivity contribution in [1.82, 2.24) is 0 Å². The van der Waals surface area contributed by atoms with E-state index in [9.17, 15) is 9.59 Å². The molecule has 0 aliphatic heterocycles. The SMILES string of the molecule is CCCCCCC(=O)OC(=O)C(Cl)(Cl)Cl.[Ni]. The van der Waals surface area contributed by atoms with Crippen LogP contribution in [0.4, 0.5) is 0 Å². The second kappa shape index (κ2) is 9.53. The fraction of sp³-hybridized carbons (Fsp3) is 0.778. The second-order valence-electron chi connectivity index (χ2n) is 3.07. The van der Waals surface area contributed by atoms with E-state index in [1.54, 1.807) is 0 Å². The molecule has 0 aromatic carbocycles. The van der Waals surface area contributed by atoms with Crippen molar-refractivity contribution in [2.45, 2.75) is 42.8 Å². The fourth-order valence-electron chi connectivity index (χ4n) is 0.908. The van der Waals surface area contributed by atoms with Crippen LogP contribution in [0.3, 0.4) is 0 Å². The maximum atomic E-state index is 11.0. The van der Waals surface area contributed by atoms with Gasteiger partial charge in [0.05, 0.1) is 0 Å². The van der Waals surface area contributed by atoms with Crippen LogP contribution in [0.1, 0.15) is 39.0 Å². The van der Waals surface area contributed by atoms with E-state index in [0.717, 1.165) is 19.3 Å². The first-order chi connectivity index (χ1) is 6.88. The van der Waals surface area contributed by atoms with Crippen LogP contribution in [-0.2, 0) is 30.8 Å². The zero-order valence-electron chi connectivity index (χ0n) is 8.71. The van der Waals surface area contributed by atoms with Gasteiger partial charge >= 0.3 is 11.9 Å². The number of ether oxygens (including phenoxy) is 1. The van der Waals surface area contributed by atoms with Crippen molar-refractivity contribution in [1.29, 1.82) is 0 Å². The van der Waals surface area contributed by atoms with Crippen molar-refractivity contribution < 1.29 is 30.8 Å². The number of carbonyl (C=O) groups is 2. The average Bonchev–Trinajstić information content (AvgIpc) is 2.11. The summed E-state index contributed by atoms with van der Waals surface area (Å²) >= 11 is 15.6. The number of carbonyl (C=O) groups excluding carboxylic acids is 2. The molecule has 0 aliphatic rings. The molecule has 0 heterocycles. The van der Waals surface area contributed by atoms with E-state index >= 15 is 0 Å². The summed E-state index contributed by atoms with van der Waals surface area (Å²) < 4.78 is 2.14. The van der Waals surface area contributed by atoms with Gasteiger partial charge in [-0.15, -0.1) is 0 Å².